The van der Waals surface area contributed by atoms with Crippen LogP contribution in [0.25, 0.3) is 0 Å². The summed E-state index contributed by atoms with van der Waals surface area (Å²) in [5.41, 5.74) is 2.22. The molecule has 2 heterocycles. The molecule has 0 unspecified atom stereocenters. The van der Waals surface area contributed by atoms with Crippen molar-refractivity contribution in [3.8, 4) is 0 Å². The fourth-order valence-electron chi connectivity index (χ4n) is 3.24. The van der Waals surface area contributed by atoms with Crippen LogP contribution in [0.4, 0.5) is 0 Å². The molecule has 1 aromatic carbocycles. The third-order valence-electron chi connectivity index (χ3n) is 4.90. The Bertz CT molecular complexity index is 1040. The van der Waals surface area contributed by atoms with Crippen molar-refractivity contribution in [2.45, 2.75) is 37.9 Å². The maximum Gasteiger partial charge on any atom is 0.309 e. The Morgan fingerprint density at radius 2 is 1.97 bits per heavy atom. The van der Waals surface area contributed by atoms with Crippen LogP contribution in [0.1, 0.15) is 23.1 Å². The number of ether oxygens (including phenoxy) is 1. The predicted octanol–water partition coefficient (Wildman–Crippen LogP) is 0.868. The van der Waals surface area contributed by atoms with Crippen LogP contribution in [0.2, 0.25) is 0 Å². The Labute approximate surface area is 181 Å². The van der Waals surface area contributed by atoms with Crippen molar-refractivity contribution in [2.24, 2.45) is 0 Å². The average molecular weight is 447 g/mol. The van der Waals surface area contributed by atoms with Crippen molar-refractivity contribution >= 4 is 21.8 Å². The first-order valence-corrected chi connectivity index (χ1v) is 11.4. The van der Waals surface area contributed by atoms with Crippen LogP contribution in [0.3, 0.4) is 0 Å². The van der Waals surface area contributed by atoms with E-state index in [9.17, 15) is 18.0 Å². The number of aromatic nitrogens is 1. The highest BCUT2D eigenvalue weighted by atomic mass is 32.2. The molecule has 1 aliphatic heterocycles. The highest BCUT2D eigenvalue weighted by Gasteiger charge is 2.35. The minimum Gasteiger partial charge on any atom is -0.360 e. The van der Waals surface area contributed by atoms with Crippen LogP contribution in [0.15, 0.2) is 47.6 Å². The van der Waals surface area contributed by atoms with Gasteiger partial charge in [-0.05, 0) is 49.1 Å². The van der Waals surface area contributed by atoms with E-state index in [1.54, 1.807) is 43.6 Å². The Kier molecular flexibility index (Phi) is 7.37. The second-order valence-electron chi connectivity index (χ2n) is 7.32. The summed E-state index contributed by atoms with van der Waals surface area (Å²) in [6.45, 7) is 4.22. The zero-order chi connectivity index (χ0) is 22.4. The molecule has 166 valence electrons. The number of amides is 2. The van der Waals surface area contributed by atoms with Crippen LogP contribution in [-0.4, -0.2) is 55.4 Å². The van der Waals surface area contributed by atoms with Crippen LogP contribution in [-0.2, 0) is 30.9 Å². The summed E-state index contributed by atoms with van der Waals surface area (Å²) < 4.78 is 33.4. The number of hydrogen-bond donors (Lipinski definition) is 2. The Morgan fingerprint density at radius 3 is 2.71 bits per heavy atom. The standard InChI is InChI=1S/C21H26N4O5S/c1-15-6-7-16(2)18(11-15)31(28,29)25-9-4-10-30-19(25)14-24-21(27)20(26)23-13-17-5-3-8-22-12-17/h3,5-8,11-12,19H,4,9-10,13-14H2,1-2H3,(H,23,26)(H,24,27)/t19-/m0/s1. The van der Waals surface area contributed by atoms with Gasteiger partial charge < -0.3 is 15.4 Å². The molecule has 0 radical (unpaired) electrons. The van der Waals surface area contributed by atoms with E-state index < -0.39 is 28.1 Å². The Morgan fingerprint density at radius 1 is 1.19 bits per heavy atom. The van der Waals surface area contributed by atoms with E-state index in [1.165, 1.54) is 4.31 Å². The number of nitrogens with zero attached hydrogens (tertiary/aromatic N) is 2. The SMILES string of the molecule is Cc1ccc(C)c(S(=O)(=O)N2CCCO[C@H]2CNC(=O)C(=O)NCc2cccnc2)c1. The number of benzene rings is 1. The van der Waals surface area contributed by atoms with Gasteiger partial charge >= 0.3 is 11.8 Å². The van der Waals surface area contributed by atoms with Gasteiger partial charge in [-0.2, -0.15) is 4.31 Å². The molecule has 10 heteroatoms. The molecule has 0 spiro atoms. The molecule has 1 atom stereocenters. The first-order valence-electron chi connectivity index (χ1n) is 9.94. The number of nitrogens with one attached hydrogen (secondary N) is 2. The van der Waals surface area contributed by atoms with Gasteiger partial charge in [-0.15, -0.1) is 0 Å². The number of pyridine rings is 1. The van der Waals surface area contributed by atoms with E-state index in [2.05, 4.69) is 15.6 Å². The molecule has 31 heavy (non-hydrogen) atoms. The first-order chi connectivity index (χ1) is 14.8. The molecule has 9 nitrogen and oxygen atoms in total. The molecule has 0 saturated carbocycles. The summed E-state index contributed by atoms with van der Waals surface area (Å²) in [4.78, 5) is 28.4. The van der Waals surface area contributed by atoms with E-state index in [4.69, 9.17) is 4.74 Å². The van der Waals surface area contributed by atoms with Gasteiger partial charge in [0.15, 0.2) is 0 Å². The lowest BCUT2D eigenvalue weighted by Gasteiger charge is -2.35. The number of aryl methyl sites for hydroxylation is 2. The third-order valence-corrected chi connectivity index (χ3v) is 6.93. The molecule has 2 N–H and O–H groups in total. The zero-order valence-electron chi connectivity index (χ0n) is 17.5. The van der Waals surface area contributed by atoms with Crippen molar-refractivity contribution in [3.05, 3.63) is 59.4 Å². The lowest BCUT2D eigenvalue weighted by molar-refractivity contribution is -0.140. The monoisotopic (exact) mass is 446 g/mol. The zero-order valence-corrected chi connectivity index (χ0v) is 18.3. The molecule has 1 aromatic heterocycles. The molecule has 2 amide bonds. The van der Waals surface area contributed by atoms with Gasteiger partial charge in [-0.3, -0.25) is 14.6 Å². The van der Waals surface area contributed by atoms with E-state index in [-0.39, 0.29) is 24.5 Å². The van der Waals surface area contributed by atoms with E-state index in [1.807, 2.05) is 13.0 Å². The summed E-state index contributed by atoms with van der Waals surface area (Å²) >= 11 is 0. The summed E-state index contributed by atoms with van der Waals surface area (Å²) in [6.07, 6.45) is 2.85. The van der Waals surface area contributed by atoms with E-state index >= 15 is 0 Å². The normalized spacial score (nSPS) is 17.2. The topological polar surface area (TPSA) is 118 Å². The lowest BCUT2D eigenvalue weighted by atomic mass is 10.2. The number of hydrogen-bond acceptors (Lipinski definition) is 6. The Hall–Kier alpha value is -2.82. The largest absolute Gasteiger partial charge is 0.360 e. The molecule has 1 fully saturated rings. The van der Waals surface area contributed by atoms with Gasteiger partial charge in [0.25, 0.3) is 0 Å². The minimum atomic E-state index is -3.83. The molecular formula is C21H26N4O5S. The molecule has 0 aliphatic carbocycles. The van der Waals surface area contributed by atoms with Gasteiger partial charge in [0.2, 0.25) is 10.0 Å². The second-order valence-corrected chi connectivity index (χ2v) is 9.18. The second kappa shape index (κ2) is 9.99. The highest BCUT2D eigenvalue weighted by Crippen LogP contribution is 2.25. The van der Waals surface area contributed by atoms with Crippen molar-refractivity contribution < 1.29 is 22.7 Å². The number of carbonyl (C=O) groups excluding carboxylic acids is 2. The summed E-state index contributed by atoms with van der Waals surface area (Å²) in [7, 11) is -3.83. The van der Waals surface area contributed by atoms with Gasteiger partial charge in [0, 0.05) is 25.5 Å². The van der Waals surface area contributed by atoms with Crippen molar-refractivity contribution in [1.82, 2.24) is 19.9 Å². The quantitative estimate of drug-likeness (QED) is 0.636. The minimum absolute atomic E-state index is 0.136. The highest BCUT2D eigenvalue weighted by molar-refractivity contribution is 7.89. The van der Waals surface area contributed by atoms with Crippen molar-refractivity contribution in [1.29, 1.82) is 0 Å². The van der Waals surface area contributed by atoms with Crippen molar-refractivity contribution in [2.75, 3.05) is 19.7 Å². The summed E-state index contributed by atoms with van der Waals surface area (Å²) in [6, 6.07) is 8.74. The molecule has 1 aliphatic rings. The van der Waals surface area contributed by atoms with E-state index in [0.29, 0.717) is 18.6 Å². The maximum atomic E-state index is 13.3. The lowest BCUT2D eigenvalue weighted by Crippen LogP contribution is -2.53. The number of carbonyl (C=O) groups is 2. The van der Waals surface area contributed by atoms with Gasteiger partial charge in [0.1, 0.15) is 6.23 Å². The molecule has 2 aromatic rings. The van der Waals surface area contributed by atoms with Crippen molar-refractivity contribution in [3.63, 3.8) is 0 Å². The summed E-state index contributed by atoms with van der Waals surface area (Å²) in [5, 5.41) is 4.97. The van der Waals surface area contributed by atoms with Crippen LogP contribution < -0.4 is 10.6 Å². The number of sulfonamides is 1. The third kappa shape index (κ3) is 5.66. The summed E-state index contributed by atoms with van der Waals surface area (Å²) in [5.74, 6) is -1.68. The number of rotatable bonds is 6. The smallest absolute Gasteiger partial charge is 0.309 e. The Balaban J connectivity index is 1.63. The van der Waals surface area contributed by atoms with E-state index in [0.717, 1.165) is 11.1 Å². The molecule has 0 bridgehead atoms. The molecule has 1 saturated heterocycles. The van der Waals surface area contributed by atoms with Gasteiger partial charge in [0.05, 0.1) is 18.0 Å². The van der Waals surface area contributed by atoms with Gasteiger partial charge in [-0.25, -0.2) is 8.42 Å². The average Bonchev–Trinajstić information content (AvgIpc) is 2.78. The maximum absolute atomic E-state index is 13.3. The molecule has 3 rings (SSSR count). The molecular weight excluding hydrogens is 420 g/mol. The van der Waals surface area contributed by atoms with Crippen LogP contribution in [0.5, 0.6) is 0 Å². The van der Waals surface area contributed by atoms with Gasteiger partial charge in [-0.1, -0.05) is 18.2 Å². The predicted molar refractivity (Wildman–Crippen MR) is 113 cm³/mol. The van der Waals surface area contributed by atoms with Crippen LogP contribution >= 0.6 is 0 Å². The first kappa shape index (κ1) is 22.9. The fraction of sp³-hybridized carbons (Fsp3) is 0.381. The fourth-order valence-corrected chi connectivity index (χ4v) is 5.12. The van der Waals surface area contributed by atoms with Crippen LogP contribution in [0, 0.1) is 13.8 Å².